The van der Waals surface area contributed by atoms with Gasteiger partial charge in [0.05, 0.1) is 0 Å². The number of hydrogen-bond acceptors (Lipinski definition) is 3. The first-order valence-corrected chi connectivity index (χ1v) is 9.12. The van der Waals surface area contributed by atoms with E-state index in [-0.39, 0.29) is 12.5 Å². The second-order valence-electron chi connectivity index (χ2n) is 7.90. The maximum atomic E-state index is 12.9. The van der Waals surface area contributed by atoms with Crippen LogP contribution in [-0.2, 0) is 15.1 Å². The summed E-state index contributed by atoms with van der Waals surface area (Å²) >= 11 is 0. The van der Waals surface area contributed by atoms with E-state index in [0.717, 1.165) is 4.90 Å². The van der Waals surface area contributed by atoms with Crippen LogP contribution in [-0.4, -0.2) is 47.3 Å². The zero-order chi connectivity index (χ0) is 19.5. The Labute approximate surface area is 155 Å². The van der Waals surface area contributed by atoms with E-state index in [4.69, 9.17) is 0 Å². The predicted molar refractivity (Wildman–Crippen MR) is 100 cm³/mol. The van der Waals surface area contributed by atoms with Crippen molar-refractivity contribution in [2.24, 2.45) is 11.8 Å². The molecule has 0 saturated carbocycles. The molecule has 1 fully saturated rings. The standard InChI is InChI=1S/C20H29N3O3/c1-14(2)11-22(12-15(3)4)17(24)13-23-18(25)20(5,21-19(23)26)16-9-7-6-8-10-16/h6-10,14-15H,11-13H2,1-5H3,(H,21,26)/t20-/m0/s1. The van der Waals surface area contributed by atoms with E-state index in [1.54, 1.807) is 24.0 Å². The average molecular weight is 359 g/mol. The van der Waals surface area contributed by atoms with E-state index in [2.05, 4.69) is 5.32 Å². The topological polar surface area (TPSA) is 69.7 Å². The first kappa shape index (κ1) is 19.9. The molecule has 1 aromatic rings. The average Bonchev–Trinajstić information content (AvgIpc) is 2.78. The molecule has 0 spiro atoms. The van der Waals surface area contributed by atoms with Crippen molar-refractivity contribution in [3.8, 4) is 0 Å². The molecule has 1 aromatic carbocycles. The molecule has 4 amide bonds. The Morgan fingerprint density at radius 2 is 1.62 bits per heavy atom. The summed E-state index contributed by atoms with van der Waals surface area (Å²) < 4.78 is 0. The molecule has 1 aliphatic heterocycles. The summed E-state index contributed by atoms with van der Waals surface area (Å²) in [6.07, 6.45) is 0. The summed E-state index contributed by atoms with van der Waals surface area (Å²) in [4.78, 5) is 40.8. The van der Waals surface area contributed by atoms with Crippen molar-refractivity contribution in [1.29, 1.82) is 0 Å². The fraction of sp³-hybridized carbons (Fsp3) is 0.550. The van der Waals surface area contributed by atoms with Crippen LogP contribution in [0.4, 0.5) is 4.79 Å². The predicted octanol–water partition coefficient (Wildman–Crippen LogP) is 2.59. The van der Waals surface area contributed by atoms with Crippen LogP contribution >= 0.6 is 0 Å². The summed E-state index contributed by atoms with van der Waals surface area (Å²) in [6, 6.07) is 8.57. The summed E-state index contributed by atoms with van der Waals surface area (Å²) in [7, 11) is 0. The summed E-state index contributed by atoms with van der Waals surface area (Å²) in [5, 5.41) is 2.74. The lowest BCUT2D eigenvalue weighted by atomic mass is 9.92. The zero-order valence-corrected chi connectivity index (χ0v) is 16.3. The maximum Gasteiger partial charge on any atom is 0.325 e. The van der Waals surface area contributed by atoms with Crippen molar-refractivity contribution in [3.05, 3.63) is 35.9 Å². The van der Waals surface area contributed by atoms with Gasteiger partial charge in [0.15, 0.2) is 0 Å². The van der Waals surface area contributed by atoms with Gasteiger partial charge in [0, 0.05) is 13.1 Å². The van der Waals surface area contributed by atoms with Gasteiger partial charge in [-0.1, -0.05) is 58.0 Å². The molecule has 1 heterocycles. The molecule has 6 heteroatoms. The van der Waals surface area contributed by atoms with Crippen molar-refractivity contribution in [1.82, 2.24) is 15.1 Å². The van der Waals surface area contributed by atoms with Gasteiger partial charge in [0.1, 0.15) is 12.1 Å². The molecule has 0 unspecified atom stereocenters. The SMILES string of the molecule is CC(C)CN(CC(C)C)C(=O)CN1C(=O)N[C@@](C)(c2ccccc2)C1=O. The molecule has 0 bridgehead atoms. The third-order valence-corrected chi connectivity index (χ3v) is 4.44. The van der Waals surface area contributed by atoms with Crippen molar-refractivity contribution in [3.63, 3.8) is 0 Å². The highest BCUT2D eigenvalue weighted by molar-refractivity contribution is 6.09. The Morgan fingerprint density at radius 1 is 1.08 bits per heavy atom. The molecule has 1 atom stereocenters. The number of carbonyl (C=O) groups excluding carboxylic acids is 3. The van der Waals surface area contributed by atoms with Crippen molar-refractivity contribution in [2.45, 2.75) is 40.2 Å². The van der Waals surface area contributed by atoms with Gasteiger partial charge in [-0.15, -0.1) is 0 Å². The van der Waals surface area contributed by atoms with E-state index >= 15 is 0 Å². The second-order valence-corrected chi connectivity index (χ2v) is 7.90. The highest BCUT2D eigenvalue weighted by Crippen LogP contribution is 2.28. The van der Waals surface area contributed by atoms with Gasteiger partial charge in [0.2, 0.25) is 5.91 Å². The number of rotatable bonds is 7. The lowest BCUT2D eigenvalue weighted by Gasteiger charge is -2.28. The van der Waals surface area contributed by atoms with Crippen molar-refractivity contribution >= 4 is 17.8 Å². The number of nitrogens with zero attached hydrogens (tertiary/aromatic N) is 2. The van der Waals surface area contributed by atoms with Crippen LogP contribution in [0.3, 0.4) is 0 Å². The number of carbonyl (C=O) groups is 3. The number of nitrogens with one attached hydrogen (secondary N) is 1. The maximum absolute atomic E-state index is 12.9. The largest absolute Gasteiger partial charge is 0.341 e. The van der Waals surface area contributed by atoms with Gasteiger partial charge in [-0.05, 0) is 24.3 Å². The molecule has 0 radical (unpaired) electrons. The van der Waals surface area contributed by atoms with Gasteiger partial charge in [-0.3, -0.25) is 14.5 Å². The lowest BCUT2D eigenvalue weighted by Crippen LogP contribution is -2.46. The summed E-state index contributed by atoms with van der Waals surface area (Å²) in [5.41, 5.74) is -0.436. The van der Waals surface area contributed by atoms with Gasteiger partial charge >= 0.3 is 6.03 Å². The Bertz CT molecular complexity index is 662. The van der Waals surface area contributed by atoms with Crippen molar-refractivity contribution in [2.75, 3.05) is 19.6 Å². The molecule has 0 aromatic heterocycles. The lowest BCUT2D eigenvalue weighted by molar-refractivity contribution is -0.139. The number of amides is 4. The van der Waals surface area contributed by atoms with Crippen LogP contribution < -0.4 is 5.32 Å². The third-order valence-electron chi connectivity index (χ3n) is 4.44. The Hall–Kier alpha value is -2.37. The Kier molecular flexibility index (Phi) is 6.05. The van der Waals surface area contributed by atoms with E-state index in [9.17, 15) is 14.4 Å². The van der Waals surface area contributed by atoms with Crippen LogP contribution in [0.15, 0.2) is 30.3 Å². The molecular formula is C20H29N3O3. The minimum atomic E-state index is -1.14. The van der Waals surface area contributed by atoms with Crippen LogP contribution in [0.25, 0.3) is 0 Å². The minimum absolute atomic E-state index is 0.201. The molecule has 1 aliphatic rings. The molecule has 2 rings (SSSR count). The normalized spacial score (nSPS) is 20.0. The fourth-order valence-corrected chi connectivity index (χ4v) is 3.20. The van der Waals surface area contributed by atoms with Crippen LogP contribution in [0.1, 0.15) is 40.2 Å². The number of imide groups is 1. The molecular weight excluding hydrogens is 330 g/mol. The van der Waals surface area contributed by atoms with Crippen LogP contribution in [0.5, 0.6) is 0 Å². The molecule has 142 valence electrons. The van der Waals surface area contributed by atoms with E-state index in [1.165, 1.54) is 0 Å². The first-order valence-electron chi connectivity index (χ1n) is 9.12. The van der Waals surface area contributed by atoms with Gasteiger partial charge in [-0.2, -0.15) is 0 Å². The number of hydrogen-bond donors (Lipinski definition) is 1. The zero-order valence-electron chi connectivity index (χ0n) is 16.3. The number of benzene rings is 1. The Balaban J connectivity index is 2.17. The highest BCUT2D eigenvalue weighted by Gasteiger charge is 2.49. The monoisotopic (exact) mass is 359 g/mol. The minimum Gasteiger partial charge on any atom is -0.341 e. The van der Waals surface area contributed by atoms with E-state index in [1.807, 2.05) is 45.9 Å². The summed E-state index contributed by atoms with van der Waals surface area (Å²) in [6.45, 7) is 10.8. The Morgan fingerprint density at radius 3 is 2.12 bits per heavy atom. The molecule has 26 heavy (non-hydrogen) atoms. The molecule has 1 saturated heterocycles. The fourth-order valence-electron chi connectivity index (χ4n) is 3.20. The van der Waals surface area contributed by atoms with E-state index in [0.29, 0.717) is 30.5 Å². The van der Waals surface area contributed by atoms with Crippen LogP contribution in [0.2, 0.25) is 0 Å². The number of urea groups is 1. The third kappa shape index (κ3) is 4.23. The molecule has 0 aliphatic carbocycles. The van der Waals surface area contributed by atoms with Gasteiger partial charge < -0.3 is 10.2 Å². The molecule has 1 N–H and O–H groups in total. The summed E-state index contributed by atoms with van der Waals surface area (Å²) in [5.74, 6) is 0.0371. The quantitative estimate of drug-likeness (QED) is 0.761. The smallest absolute Gasteiger partial charge is 0.325 e. The second kappa shape index (κ2) is 7.89. The van der Waals surface area contributed by atoms with E-state index < -0.39 is 17.5 Å². The molecule has 6 nitrogen and oxygen atoms in total. The van der Waals surface area contributed by atoms with Gasteiger partial charge in [0.25, 0.3) is 5.91 Å². The van der Waals surface area contributed by atoms with Gasteiger partial charge in [-0.25, -0.2) is 4.79 Å². The van der Waals surface area contributed by atoms with Crippen LogP contribution in [0, 0.1) is 11.8 Å². The first-order chi connectivity index (χ1) is 12.1. The van der Waals surface area contributed by atoms with Crippen molar-refractivity contribution < 1.29 is 14.4 Å². The highest BCUT2D eigenvalue weighted by atomic mass is 16.2.